The highest BCUT2D eigenvalue weighted by atomic mass is 35.5. The molecule has 5 heteroatoms. The van der Waals surface area contributed by atoms with E-state index in [1.54, 1.807) is 12.3 Å². The van der Waals surface area contributed by atoms with Gasteiger partial charge in [-0.15, -0.1) is 0 Å². The van der Waals surface area contributed by atoms with Crippen molar-refractivity contribution in [1.29, 1.82) is 0 Å². The van der Waals surface area contributed by atoms with Crippen molar-refractivity contribution < 1.29 is 4.79 Å². The van der Waals surface area contributed by atoms with E-state index in [2.05, 4.69) is 22.0 Å². The number of nitrogens with zero attached hydrogens (tertiary/aromatic N) is 3. The molecule has 24 heavy (non-hydrogen) atoms. The molecule has 1 aliphatic carbocycles. The van der Waals surface area contributed by atoms with Gasteiger partial charge in [-0.05, 0) is 50.0 Å². The first kappa shape index (κ1) is 15.9. The van der Waals surface area contributed by atoms with E-state index < -0.39 is 0 Å². The van der Waals surface area contributed by atoms with Crippen molar-refractivity contribution in [2.45, 2.75) is 32.1 Å². The minimum atomic E-state index is 0.0648. The van der Waals surface area contributed by atoms with Crippen LogP contribution in [0.3, 0.4) is 0 Å². The van der Waals surface area contributed by atoms with Gasteiger partial charge in [0.2, 0.25) is 0 Å². The largest absolute Gasteiger partial charge is 0.355 e. The van der Waals surface area contributed by atoms with Crippen LogP contribution in [0.15, 0.2) is 24.4 Å². The molecule has 4 rings (SSSR count). The van der Waals surface area contributed by atoms with Crippen LogP contribution in [0.4, 0.5) is 5.82 Å². The van der Waals surface area contributed by atoms with Crippen molar-refractivity contribution in [3.63, 3.8) is 0 Å². The van der Waals surface area contributed by atoms with Gasteiger partial charge in [0.1, 0.15) is 5.82 Å². The molecule has 2 aliphatic heterocycles. The molecule has 1 amide bonds. The summed E-state index contributed by atoms with van der Waals surface area (Å²) >= 11 is 6.50. The van der Waals surface area contributed by atoms with E-state index in [4.69, 9.17) is 11.6 Å². The van der Waals surface area contributed by atoms with E-state index in [9.17, 15) is 4.79 Å². The molecule has 2 atom stereocenters. The number of rotatable bonds is 2. The number of fused-ring (bicyclic) bond motifs is 1. The smallest absolute Gasteiger partial charge is 0.255 e. The fourth-order valence-electron chi connectivity index (χ4n) is 4.25. The standard InChI is InChI=1S/C19H24ClN3O/c20-17-10-16(19(24)22-8-4-1-5-9-22)11-21-18(17)23-12-14-6-2-3-7-15(14)13-23/h2-3,10-11,14-15H,1,4-9,12-13H2. The summed E-state index contributed by atoms with van der Waals surface area (Å²) < 4.78 is 0. The van der Waals surface area contributed by atoms with Crippen LogP contribution in [0.25, 0.3) is 0 Å². The maximum absolute atomic E-state index is 12.6. The Morgan fingerprint density at radius 3 is 2.38 bits per heavy atom. The number of carbonyl (C=O) groups excluding carboxylic acids is 1. The Balaban J connectivity index is 1.49. The van der Waals surface area contributed by atoms with Crippen LogP contribution >= 0.6 is 11.6 Å². The van der Waals surface area contributed by atoms with Crippen LogP contribution in [-0.4, -0.2) is 42.0 Å². The topological polar surface area (TPSA) is 36.4 Å². The van der Waals surface area contributed by atoms with Crippen LogP contribution in [-0.2, 0) is 0 Å². The van der Waals surface area contributed by atoms with Gasteiger partial charge in [-0.1, -0.05) is 23.8 Å². The van der Waals surface area contributed by atoms with Crippen LogP contribution in [0.2, 0.25) is 5.02 Å². The van der Waals surface area contributed by atoms with Crippen LogP contribution in [0, 0.1) is 11.8 Å². The molecule has 2 fully saturated rings. The third kappa shape index (κ3) is 3.04. The van der Waals surface area contributed by atoms with Crippen molar-refractivity contribution in [1.82, 2.24) is 9.88 Å². The lowest BCUT2D eigenvalue weighted by Gasteiger charge is -2.27. The third-order valence-corrected chi connectivity index (χ3v) is 5.91. The monoisotopic (exact) mass is 345 g/mol. The number of piperidine rings is 1. The van der Waals surface area contributed by atoms with E-state index in [0.29, 0.717) is 22.4 Å². The molecule has 3 aliphatic rings. The zero-order chi connectivity index (χ0) is 16.5. The highest BCUT2D eigenvalue weighted by Crippen LogP contribution is 2.37. The number of amides is 1. The van der Waals surface area contributed by atoms with Crippen molar-refractivity contribution in [2.75, 3.05) is 31.1 Å². The predicted octanol–water partition coefficient (Wildman–Crippen LogP) is 3.76. The summed E-state index contributed by atoms with van der Waals surface area (Å²) in [5.74, 6) is 2.32. The zero-order valence-electron chi connectivity index (χ0n) is 14.0. The summed E-state index contributed by atoms with van der Waals surface area (Å²) in [4.78, 5) is 21.4. The van der Waals surface area contributed by atoms with Crippen molar-refractivity contribution >= 4 is 23.3 Å². The van der Waals surface area contributed by atoms with E-state index in [1.165, 1.54) is 6.42 Å². The summed E-state index contributed by atoms with van der Waals surface area (Å²) in [5.41, 5.74) is 0.615. The van der Waals surface area contributed by atoms with Gasteiger partial charge in [-0.3, -0.25) is 4.79 Å². The number of anilines is 1. The number of allylic oxidation sites excluding steroid dienone is 2. The van der Waals surface area contributed by atoms with E-state index in [0.717, 1.165) is 57.7 Å². The first-order valence-electron chi connectivity index (χ1n) is 9.07. The van der Waals surface area contributed by atoms with Gasteiger partial charge in [-0.25, -0.2) is 4.98 Å². The molecule has 0 spiro atoms. The molecule has 128 valence electrons. The van der Waals surface area contributed by atoms with Crippen molar-refractivity contribution in [3.8, 4) is 0 Å². The second kappa shape index (κ2) is 6.75. The summed E-state index contributed by atoms with van der Waals surface area (Å²) in [6, 6.07) is 1.81. The molecule has 1 aromatic rings. The highest BCUT2D eigenvalue weighted by Gasteiger charge is 2.34. The molecule has 2 unspecified atom stereocenters. The molecule has 0 bridgehead atoms. The molecule has 0 N–H and O–H groups in total. The number of carbonyl (C=O) groups is 1. The Morgan fingerprint density at radius 1 is 1.08 bits per heavy atom. The van der Waals surface area contributed by atoms with Crippen LogP contribution in [0.1, 0.15) is 42.5 Å². The Morgan fingerprint density at radius 2 is 1.75 bits per heavy atom. The number of halogens is 1. The molecule has 2 saturated heterocycles. The van der Waals surface area contributed by atoms with Gasteiger partial charge in [-0.2, -0.15) is 0 Å². The maximum atomic E-state index is 12.6. The molecular formula is C19H24ClN3O. The minimum absolute atomic E-state index is 0.0648. The Kier molecular flexibility index (Phi) is 4.49. The zero-order valence-corrected chi connectivity index (χ0v) is 14.7. The van der Waals surface area contributed by atoms with E-state index in [1.807, 2.05) is 4.90 Å². The van der Waals surface area contributed by atoms with Gasteiger partial charge in [0.05, 0.1) is 10.6 Å². The Bertz CT molecular complexity index is 638. The summed E-state index contributed by atoms with van der Waals surface area (Å²) in [7, 11) is 0. The van der Waals surface area contributed by atoms with E-state index in [-0.39, 0.29) is 5.91 Å². The lowest BCUT2D eigenvalue weighted by Crippen LogP contribution is -2.35. The first-order valence-corrected chi connectivity index (χ1v) is 9.45. The van der Waals surface area contributed by atoms with E-state index >= 15 is 0 Å². The molecule has 1 aromatic heterocycles. The highest BCUT2D eigenvalue weighted by molar-refractivity contribution is 6.33. The molecule has 0 saturated carbocycles. The number of hydrogen-bond acceptors (Lipinski definition) is 3. The molecular weight excluding hydrogens is 322 g/mol. The average molecular weight is 346 g/mol. The molecule has 0 aromatic carbocycles. The quantitative estimate of drug-likeness (QED) is 0.766. The molecule has 0 radical (unpaired) electrons. The van der Waals surface area contributed by atoms with Gasteiger partial charge in [0.15, 0.2) is 0 Å². The second-order valence-electron chi connectivity index (χ2n) is 7.25. The van der Waals surface area contributed by atoms with Crippen LogP contribution in [0.5, 0.6) is 0 Å². The number of hydrogen-bond donors (Lipinski definition) is 0. The average Bonchev–Trinajstić information content (AvgIpc) is 3.05. The van der Waals surface area contributed by atoms with Crippen molar-refractivity contribution in [3.05, 3.63) is 35.0 Å². The summed E-state index contributed by atoms with van der Waals surface area (Å²) in [5, 5.41) is 0.601. The lowest BCUT2D eigenvalue weighted by molar-refractivity contribution is 0.0724. The Labute approximate surface area is 148 Å². The maximum Gasteiger partial charge on any atom is 0.255 e. The third-order valence-electron chi connectivity index (χ3n) is 5.63. The van der Waals surface area contributed by atoms with Crippen LogP contribution < -0.4 is 4.90 Å². The normalized spacial score (nSPS) is 26.5. The van der Waals surface area contributed by atoms with Gasteiger partial charge >= 0.3 is 0 Å². The minimum Gasteiger partial charge on any atom is -0.355 e. The predicted molar refractivity (Wildman–Crippen MR) is 96.6 cm³/mol. The van der Waals surface area contributed by atoms with Gasteiger partial charge in [0, 0.05) is 32.4 Å². The van der Waals surface area contributed by atoms with Gasteiger partial charge < -0.3 is 9.80 Å². The Hall–Kier alpha value is -1.55. The van der Waals surface area contributed by atoms with Crippen molar-refractivity contribution in [2.24, 2.45) is 11.8 Å². The fraction of sp³-hybridized carbons (Fsp3) is 0.579. The fourth-order valence-corrected chi connectivity index (χ4v) is 4.53. The number of aromatic nitrogens is 1. The molecule has 4 nitrogen and oxygen atoms in total. The number of pyridine rings is 1. The van der Waals surface area contributed by atoms with Gasteiger partial charge in [0.25, 0.3) is 5.91 Å². The lowest BCUT2D eigenvalue weighted by atomic mass is 9.86. The summed E-state index contributed by atoms with van der Waals surface area (Å²) in [6.07, 6.45) is 12.0. The first-order chi connectivity index (χ1) is 11.7. The SMILES string of the molecule is O=C(c1cnc(N2CC3CC=CCC3C2)c(Cl)c1)N1CCCCC1. The summed E-state index contributed by atoms with van der Waals surface area (Å²) in [6.45, 7) is 3.73. The molecule has 3 heterocycles. The second-order valence-corrected chi connectivity index (χ2v) is 7.66. The number of likely N-dealkylation sites (tertiary alicyclic amines) is 1.